The molecule has 0 saturated carbocycles. The van der Waals surface area contributed by atoms with Gasteiger partial charge in [0.15, 0.2) is 5.16 Å². The summed E-state index contributed by atoms with van der Waals surface area (Å²) in [5.74, 6) is -0.416. The first kappa shape index (κ1) is 22.5. The third kappa shape index (κ3) is 4.87. The molecule has 4 rings (SSSR count). The van der Waals surface area contributed by atoms with Gasteiger partial charge >= 0.3 is 0 Å². The molecular formula is C23H19ClFN3O2S2. The van der Waals surface area contributed by atoms with Crippen molar-refractivity contribution in [3.05, 3.63) is 74.6 Å². The van der Waals surface area contributed by atoms with Crippen molar-refractivity contribution in [2.45, 2.75) is 24.9 Å². The Balaban J connectivity index is 1.49. The number of carbonyl (C=O) groups excluding carboxylic acids is 1. The molecule has 0 aliphatic heterocycles. The lowest BCUT2D eigenvalue weighted by Crippen LogP contribution is -2.15. The zero-order chi connectivity index (χ0) is 22.8. The summed E-state index contributed by atoms with van der Waals surface area (Å²) >= 11 is 8.24. The molecule has 164 valence electrons. The molecule has 0 aliphatic carbocycles. The van der Waals surface area contributed by atoms with E-state index in [2.05, 4.69) is 41.3 Å². The first-order chi connectivity index (χ1) is 15.3. The van der Waals surface area contributed by atoms with Gasteiger partial charge in [-0.1, -0.05) is 61.5 Å². The Morgan fingerprint density at radius 3 is 2.69 bits per heavy atom. The maximum Gasteiger partial charge on any atom is 0.260 e. The van der Waals surface area contributed by atoms with Gasteiger partial charge in [0.2, 0.25) is 5.91 Å². The zero-order valence-electron chi connectivity index (χ0n) is 17.2. The zero-order valence-corrected chi connectivity index (χ0v) is 19.6. The number of rotatable bonds is 6. The van der Waals surface area contributed by atoms with Gasteiger partial charge in [0.1, 0.15) is 10.6 Å². The first-order valence-electron chi connectivity index (χ1n) is 9.81. The van der Waals surface area contributed by atoms with Crippen LogP contribution in [-0.4, -0.2) is 21.6 Å². The minimum atomic E-state index is -0.555. The van der Waals surface area contributed by atoms with Crippen LogP contribution in [0.2, 0.25) is 5.02 Å². The van der Waals surface area contributed by atoms with E-state index >= 15 is 0 Å². The number of thiophene rings is 1. The van der Waals surface area contributed by atoms with Crippen LogP contribution in [0.1, 0.15) is 25.3 Å². The molecule has 4 aromatic rings. The second-order valence-electron chi connectivity index (χ2n) is 7.44. The molecular weight excluding hydrogens is 469 g/mol. The summed E-state index contributed by atoms with van der Waals surface area (Å²) in [4.78, 5) is 32.9. The highest BCUT2D eigenvalue weighted by Gasteiger charge is 2.14. The number of amides is 1. The second kappa shape index (κ2) is 9.44. The molecule has 2 aromatic carbocycles. The van der Waals surface area contributed by atoms with Gasteiger partial charge in [0.05, 0.1) is 16.2 Å². The van der Waals surface area contributed by atoms with E-state index in [1.54, 1.807) is 0 Å². The predicted octanol–water partition coefficient (Wildman–Crippen LogP) is 6.30. The van der Waals surface area contributed by atoms with Crippen molar-refractivity contribution in [1.82, 2.24) is 9.97 Å². The largest absolute Gasteiger partial charge is 0.325 e. The lowest BCUT2D eigenvalue weighted by atomic mass is 9.99. The standard InChI is InChI=1S/C23H19ClFN3O2S2/c1-12(2)13-3-5-14(6-4-13)16-10-31-22-20(16)21(30)27-23(28-22)32-11-19(29)26-15-7-8-18(25)17(24)9-15/h3-10,12H,11H2,1-2H3,(H,26,29)(H,27,28,30). The number of nitrogens with zero attached hydrogens (tertiary/aromatic N) is 1. The van der Waals surface area contributed by atoms with Crippen LogP contribution in [0.4, 0.5) is 10.1 Å². The number of benzene rings is 2. The van der Waals surface area contributed by atoms with E-state index in [-0.39, 0.29) is 22.2 Å². The van der Waals surface area contributed by atoms with Gasteiger partial charge in [-0.15, -0.1) is 11.3 Å². The maximum atomic E-state index is 13.2. The summed E-state index contributed by atoms with van der Waals surface area (Å²) in [6.07, 6.45) is 0. The Kier molecular flexibility index (Phi) is 6.64. The van der Waals surface area contributed by atoms with Crippen LogP contribution in [-0.2, 0) is 4.79 Å². The molecule has 0 atom stereocenters. The van der Waals surface area contributed by atoms with Gasteiger partial charge in [-0.2, -0.15) is 0 Å². The van der Waals surface area contributed by atoms with Gasteiger partial charge in [-0.05, 0) is 35.2 Å². The van der Waals surface area contributed by atoms with E-state index in [1.165, 1.54) is 35.1 Å². The summed E-state index contributed by atoms with van der Waals surface area (Å²) < 4.78 is 13.2. The lowest BCUT2D eigenvalue weighted by Gasteiger charge is -2.07. The second-order valence-corrected chi connectivity index (χ2v) is 9.67. The Labute approximate surface area is 197 Å². The fraction of sp³-hybridized carbons (Fsp3) is 0.174. The van der Waals surface area contributed by atoms with E-state index in [0.717, 1.165) is 22.9 Å². The van der Waals surface area contributed by atoms with E-state index in [0.29, 0.717) is 27.0 Å². The summed E-state index contributed by atoms with van der Waals surface area (Å²) in [5.41, 5.74) is 3.19. The maximum absolute atomic E-state index is 13.2. The fourth-order valence-corrected chi connectivity index (χ4v) is 5.01. The Morgan fingerprint density at radius 1 is 1.25 bits per heavy atom. The van der Waals surface area contributed by atoms with E-state index < -0.39 is 5.82 Å². The summed E-state index contributed by atoms with van der Waals surface area (Å²) in [7, 11) is 0. The van der Waals surface area contributed by atoms with Gasteiger partial charge in [-0.25, -0.2) is 9.37 Å². The van der Waals surface area contributed by atoms with Crippen molar-refractivity contribution < 1.29 is 9.18 Å². The van der Waals surface area contributed by atoms with E-state index in [1.807, 2.05) is 17.5 Å². The number of carbonyl (C=O) groups is 1. The first-order valence-corrected chi connectivity index (χ1v) is 12.1. The molecule has 1 amide bonds. The van der Waals surface area contributed by atoms with Crippen molar-refractivity contribution in [3.63, 3.8) is 0 Å². The van der Waals surface area contributed by atoms with Gasteiger partial charge in [0, 0.05) is 16.6 Å². The van der Waals surface area contributed by atoms with Crippen molar-refractivity contribution in [2.24, 2.45) is 0 Å². The molecule has 2 aromatic heterocycles. The molecule has 0 unspecified atom stereocenters. The minimum absolute atomic E-state index is 0.0261. The van der Waals surface area contributed by atoms with Crippen LogP contribution >= 0.6 is 34.7 Å². The minimum Gasteiger partial charge on any atom is -0.325 e. The topological polar surface area (TPSA) is 74.8 Å². The molecule has 5 nitrogen and oxygen atoms in total. The molecule has 0 spiro atoms. The number of aromatic amines is 1. The van der Waals surface area contributed by atoms with Crippen LogP contribution < -0.4 is 10.9 Å². The Morgan fingerprint density at radius 2 is 2.00 bits per heavy atom. The highest BCUT2D eigenvalue weighted by molar-refractivity contribution is 7.99. The molecule has 0 radical (unpaired) electrons. The van der Waals surface area contributed by atoms with Crippen LogP contribution in [0.15, 0.2) is 57.8 Å². The van der Waals surface area contributed by atoms with Crippen LogP contribution in [0.25, 0.3) is 21.3 Å². The Hall–Kier alpha value is -2.68. The predicted molar refractivity (Wildman–Crippen MR) is 131 cm³/mol. The molecule has 0 saturated heterocycles. The summed E-state index contributed by atoms with van der Waals surface area (Å²) in [5, 5.41) is 5.40. The highest BCUT2D eigenvalue weighted by atomic mass is 35.5. The molecule has 9 heteroatoms. The molecule has 0 aliphatic rings. The van der Waals surface area contributed by atoms with Gasteiger partial charge in [0.25, 0.3) is 5.56 Å². The van der Waals surface area contributed by atoms with Crippen LogP contribution in [0, 0.1) is 5.82 Å². The lowest BCUT2D eigenvalue weighted by molar-refractivity contribution is -0.113. The molecule has 0 fully saturated rings. The van der Waals surface area contributed by atoms with E-state index in [9.17, 15) is 14.0 Å². The molecule has 32 heavy (non-hydrogen) atoms. The molecule has 2 N–H and O–H groups in total. The highest BCUT2D eigenvalue weighted by Crippen LogP contribution is 2.32. The van der Waals surface area contributed by atoms with Crippen molar-refractivity contribution in [2.75, 3.05) is 11.1 Å². The number of nitrogens with one attached hydrogen (secondary N) is 2. The van der Waals surface area contributed by atoms with E-state index in [4.69, 9.17) is 11.6 Å². The monoisotopic (exact) mass is 487 g/mol. The SMILES string of the molecule is CC(C)c1ccc(-c2csc3nc(SCC(=O)Nc4ccc(F)c(Cl)c4)[nH]c(=O)c23)cc1. The fourth-order valence-electron chi connectivity index (χ4n) is 3.16. The number of hydrogen-bond acceptors (Lipinski definition) is 5. The third-order valence-electron chi connectivity index (χ3n) is 4.85. The average Bonchev–Trinajstić information content (AvgIpc) is 3.19. The third-order valence-corrected chi connectivity index (χ3v) is 6.89. The number of H-pyrrole nitrogens is 1. The smallest absolute Gasteiger partial charge is 0.260 e. The van der Waals surface area contributed by atoms with Gasteiger partial charge in [-0.3, -0.25) is 9.59 Å². The Bertz CT molecular complexity index is 1350. The summed E-state index contributed by atoms with van der Waals surface area (Å²) in [6, 6.07) is 12.1. The van der Waals surface area contributed by atoms with Gasteiger partial charge < -0.3 is 10.3 Å². The normalized spacial score (nSPS) is 11.3. The molecule has 0 bridgehead atoms. The number of fused-ring (bicyclic) bond motifs is 1. The number of halogens is 2. The number of anilines is 1. The van der Waals surface area contributed by atoms with Crippen LogP contribution in [0.3, 0.4) is 0 Å². The quantitative estimate of drug-likeness (QED) is 0.247. The van der Waals surface area contributed by atoms with Crippen molar-refractivity contribution in [1.29, 1.82) is 0 Å². The summed E-state index contributed by atoms with van der Waals surface area (Å²) in [6.45, 7) is 4.27. The van der Waals surface area contributed by atoms with Crippen molar-refractivity contribution >= 4 is 56.5 Å². The average molecular weight is 488 g/mol. The number of thioether (sulfide) groups is 1. The van der Waals surface area contributed by atoms with Crippen molar-refractivity contribution in [3.8, 4) is 11.1 Å². The number of hydrogen-bond donors (Lipinski definition) is 2. The number of aromatic nitrogens is 2. The van der Waals surface area contributed by atoms with Crippen LogP contribution in [0.5, 0.6) is 0 Å². The molecule has 2 heterocycles.